The fourth-order valence-electron chi connectivity index (χ4n) is 2.72. The van der Waals surface area contributed by atoms with Crippen molar-refractivity contribution in [2.75, 3.05) is 12.3 Å². The Morgan fingerprint density at radius 2 is 2.05 bits per heavy atom. The van der Waals surface area contributed by atoms with Crippen molar-refractivity contribution in [2.24, 2.45) is 0 Å². The van der Waals surface area contributed by atoms with E-state index in [9.17, 15) is 0 Å². The molecule has 1 atom stereocenters. The number of nitrogens with zero attached hydrogens (tertiary/aromatic N) is 1. The van der Waals surface area contributed by atoms with Crippen molar-refractivity contribution >= 4 is 23.1 Å². The molecule has 1 aromatic carbocycles. The fraction of sp³-hybridized carbons (Fsp3) is 0.412. The van der Waals surface area contributed by atoms with Crippen LogP contribution in [0.25, 0.3) is 0 Å². The molecule has 2 heterocycles. The molecule has 0 radical (unpaired) electrons. The van der Waals surface area contributed by atoms with Crippen molar-refractivity contribution in [3.05, 3.63) is 52.2 Å². The first-order valence-electron chi connectivity index (χ1n) is 7.22. The average Bonchev–Trinajstić information content (AvgIpc) is 3.08. The Morgan fingerprint density at radius 3 is 2.80 bits per heavy atom. The number of thiophene rings is 1. The first kappa shape index (κ1) is 14.2. The molecule has 0 saturated carbocycles. The highest BCUT2D eigenvalue weighted by Crippen LogP contribution is 2.40. The first-order valence-corrected chi connectivity index (χ1v) is 9.08. The van der Waals surface area contributed by atoms with E-state index in [1.54, 1.807) is 5.56 Å². The molecular weight excluding hydrogens is 282 g/mol. The maximum Gasteiger partial charge on any atom is 0.0330 e. The van der Waals surface area contributed by atoms with Crippen molar-refractivity contribution in [3.8, 4) is 0 Å². The number of hydrogen-bond acceptors (Lipinski definition) is 3. The van der Waals surface area contributed by atoms with Gasteiger partial charge in [0.05, 0.1) is 0 Å². The Morgan fingerprint density at radius 1 is 1.20 bits per heavy atom. The van der Waals surface area contributed by atoms with Crippen LogP contribution in [-0.4, -0.2) is 23.2 Å². The number of thioether (sulfide) groups is 1. The zero-order valence-corrected chi connectivity index (χ0v) is 13.7. The Balaban J connectivity index is 1.71. The first-order chi connectivity index (χ1) is 9.74. The zero-order valence-electron chi connectivity index (χ0n) is 12.1. The maximum atomic E-state index is 2.61. The SMILES string of the molecule is CC(C)N(Cc1cccs1)CC1CSc2ccccc21. The molecule has 0 N–H and O–H groups in total. The van der Waals surface area contributed by atoms with Crippen molar-refractivity contribution in [1.29, 1.82) is 0 Å². The second-order valence-corrected chi connectivity index (χ2v) is 7.74. The van der Waals surface area contributed by atoms with Crippen LogP contribution in [-0.2, 0) is 6.54 Å². The quantitative estimate of drug-likeness (QED) is 0.777. The van der Waals surface area contributed by atoms with E-state index in [0.717, 1.165) is 6.54 Å². The summed E-state index contributed by atoms with van der Waals surface area (Å²) in [6.07, 6.45) is 0. The molecule has 3 heteroatoms. The van der Waals surface area contributed by atoms with E-state index in [0.29, 0.717) is 12.0 Å². The second kappa shape index (κ2) is 6.33. The summed E-state index contributed by atoms with van der Waals surface area (Å²) in [7, 11) is 0. The summed E-state index contributed by atoms with van der Waals surface area (Å²) in [6.45, 7) is 6.86. The maximum absolute atomic E-state index is 2.61. The van der Waals surface area contributed by atoms with E-state index in [1.165, 1.54) is 22.1 Å². The summed E-state index contributed by atoms with van der Waals surface area (Å²) in [4.78, 5) is 5.56. The van der Waals surface area contributed by atoms with Crippen LogP contribution < -0.4 is 0 Å². The molecule has 3 rings (SSSR count). The van der Waals surface area contributed by atoms with Gasteiger partial charge in [-0.3, -0.25) is 4.90 Å². The molecule has 1 aliphatic rings. The minimum atomic E-state index is 0.592. The lowest BCUT2D eigenvalue weighted by Gasteiger charge is -2.29. The average molecular weight is 303 g/mol. The molecule has 2 aromatic rings. The Bertz CT molecular complexity index is 548. The molecule has 1 unspecified atom stereocenters. The van der Waals surface area contributed by atoms with Crippen LogP contribution in [0.2, 0.25) is 0 Å². The predicted octanol–water partition coefficient (Wildman–Crippen LogP) is 4.85. The molecule has 0 saturated heterocycles. The van der Waals surface area contributed by atoms with Crippen molar-refractivity contribution < 1.29 is 0 Å². The summed E-state index contributed by atoms with van der Waals surface area (Å²) in [6, 6.07) is 13.9. The minimum absolute atomic E-state index is 0.592. The van der Waals surface area contributed by atoms with Gasteiger partial charge in [0.25, 0.3) is 0 Å². The molecule has 1 aliphatic heterocycles. The molecule has 0 fully saturated rings. The third kappa shape index (κ3) is 3.11. The van der Waals surface area contributed by atoms with Crippen LogP contribution in [0.1, 0.15) is 30.2 Å². The molecule has 0 amide bonds. The lowest BCUT2D eigenvalue weighted by atomic mass is 10.00. The van der Waals surface area contributed by atoms with Gasteiger partial charge in [-0.05, 0) is 36.9 Å². The van der Waals surface area contributed by atoms with E-state index < -0.39 is 0 Å². The Labute approximate surface area is 130 Å². The van der Waals surface area contributed by atoms with E-state index in [2.05, 4.69) is 60.5 Å². The highest BCUT2D eigenvalue weighted by molar-refractivity contribution is 7.99. The van der Waals surface area contributed by atoms with Gasteiger partial charge in [0.1, 0.15) is 0 Å². The Kier molecular flexibility index (Phi) is 4.49. The predicted molar refractivity (Wildman–Crippen MR) is 89.8 cm³/mol. The number of fused-ring (bicyclic) bond motifs is 1. The van der Waals surface area contributed by atoms with Gasteiger partial charge in [0, 0.05) is 40.6 Å². The van der Waals surface area contributed by atoms with E-state index >= 15 is 0 Å². The van der Waals surface area contributed by atoms with Gasteiger partial charge in [-0.25, -0.2) is 0 Å². The molecule has 0 spiro atoms. The summed E-state index contributed by atoms with van der Waals surface area (Å²) in [5.41, 5.74) is 1.55. The fourth-order valence-corrected chi connectivity index (χ4v) is 4.70. The topological polar surface area (TPSA) is 3.24 Å². The van der Waals surface area contributed by atoms with Crippen molar-refractivity contribution in [3.63, 3.8) is 0 Å². The van der Waals surface area contributed by atoms with Gasteiger partial charge < -0.3 is 0 Å². The molecule has 20 heavy (non-hydrogen) atoms. The standard InChI is InChI=1S/C17H21NS2/c1-13(2)18(11-15-6-5-9-19-15)10-14-12-20-17-8-4-3-7-16(14)17/h3-9,13-14H,10-12H2,1-2H3. The summed E-state index contributed by atoms with van der Waals surface area (Å²) in [5.74, 6) is 1.91. The van der Waals surface area contributed by atoms with E-state index in [1.807, 2.05) is 23.1 Å². The van der Waals surface area contributed by atoms with Crippen LogP contribution in [0.4, 0.5) is 0 Å². The Hall–Kier alpha value is -0.770. The molecule has 0 bridgehead atoms. The van der Waals surface area contributed by atoms with Gasteiger partial charge in [-0.15, -0.1) is 23.1 Å². The summed E-state index contributed by atoms with van der Waals surface area (Å²) >= 11 is 3.88. The summed E-state index contributed by atoms with van der Waals surface area (Å²) in [5, 5.41) is 2.18. The van der Waals surface area contributed by atoms with Crippen molar-refractivity contribution in [1.82, 2.24) is 4.90 Å². The largest absolute Gasteiger partial charge is 0.295 e. The molecule has 1 nitrogen and oxygen atoms in total. The van der Waals surface area contributed by atoms with Gasteiger partial charge in [0.2, 0.25) is 0 Å². The minimum Gasteiger partial charge on any atom is -0.295 e. The molecule has 1 aromatic heterocycles. The van der Waals surface area contributed by atoms with Gasteiger partial charge in [-0.2, -0.15) is 0 Å². The van der Waals surface area contributed by atoms with Crippen LogP contribution in [0.3, 0.4) is 0 Å². The highest BCUT2D eigenvalue weighted by Gasteiger charge is 2.25. The van der Waals surface area contributed by atoms with Crippen LogP contribution in [0.5, 0.6) is 0 Å². The molecular formula is C17H21NS2. The van der Waals surface area contributed by atoms with Gasteiger partial charge in [-0.1, -0.05) is 24.3 Å². The smallest absolute Gasteiger partial charge is 0.0330 e. The van der Waals surface area contributed by atoms with E-state index in [4.69, 9.17) is 0 Å². The van der Waals surface area contributed by atoms with Crippen LogP contribution >= 0.6 is 23.1 Å². The number of hydrogen-bond donors (Lipinski definition) is 0. The zero-order chi connectivity index (χ0) is 13.9. The number of benzene rings is 1. The summed E-state index contributed by atoms with van der Waals surface area (Å²) < 4.78 is 0. The highest BCUT2D eigenvalue weighted by atomic mass is 32.2. The normalized spacial score (nSPS) is 17.9. The second-order valence-electron chi connectivity index (χ2n) is 5.65. The van der Waals surface area contributed by atoms with Gasteiger partial charge in [0.15, 0.2) is 0 Å². The monoisotopic (exact) mass is 303 g/mol. The van der Waals surface area contributed by atoms with Crippen LogP contribution in [0, 0.1) is 0 Å². The van der Waals surface area contributed by atoms with E-state index in [-0.39, 0.29) is 0 Å². The van der Waals surface area contributed by atoms with Crippen LogP contribution in [0.15, 0.2) is 46.7 Å². The lowest BCUT2D eigenvalue weighted by Crippen LogP contribution is -2.34. The van der Waals surface area contributed by atoms with Gasteiger partial charge >= 0.3 is 0 Å². The number of rotatable bonds is 5. The third-order valence-corrected chi connectivity index (χ3v) is 6.04. The third-order valence-electron chi connectivity index (χ3n) is 3.92. The molecule has 106 valence electrons. The lowest BCUT2D eigenvalue weighted by molar-refractivity contribution is 0.205. The van der Waals surface area contributed by atoms with Crippen molar-refractivity contribution in [2.45, 2.75) is 37.2 Å². The molecule has 0 aliphatic carbocycles.